The molecule has 3 nitrogen and oxygen atoms in total. The third-order valence-corrected chi connectivity index (χ3v) is 7.33. The first-order chi connectivity index (χ1) is 11.4. The summed E-state index contributed by atoms with van der Waals surface area (Å²) in [6, 6.07) is 4.96. The van der Waals surface area contributed by atoms with Gasteiger partial charge in [0.25, 0.3) is 5.91 Å². The summed E-state index contributed by atoms with van der Waals surface area (Å²) in [6.45, 7) is 6.64. The first-order valence-corrected chi connectivity index (χ1v) is 9.51. The lowest BCUT2D eigenvalue weighted by Crippen LogP contribution is -2.69. The number of carbonyl (C=O) groups is 1. The molecule has 3 fully saturated rings. The smallest absolute Gasteiger partial charge is 0.261 e. The first kappa shape index (κ1) is 16.3. The van der Waals surface area contributed by atoms with Crippen molar-refractivity contribution in [3.05, 3.63) is 33.9 Å². The Kier molecular flexibility index (Phi) is 3.86. The van der Waals surface area contributed by atoms with E-state index in [4.69, 9.17) is 11.6 Å². The van der Waals surface area contributed by atoms with E-state index in [1.54, 1.807) is 12.1 Å². The second kappa shape index (κ2) is 5.68. The molecule has 6 heteroatoms. The SMILES string of the molecule is CC1(C)C(NC(=O)c2cc3ccc(F)c(Cl)c3s2)C2CCN1CC2. The van der Waals surface area contributed by atoms with Crippen LogP contribution in [0.3, 0.4) is 0 Å². The topological polar surface area (TPSA) is 32.3 Å². The fourth-order valence-corrected chi connectivity index (χ4v) is 5.52. The van der Waals surface area contributed by atoms with E-state index in [-0.39, 0.29) is 22.5 Å². The molecule has 1 N–H and O–H groups in total. The summed E-state index contributed by atoms with van der Waals surface area (Å²) in [7, 11) is 0. The van der Waals surface area contributed by atoms with Gasteiger partial charge in [0, 0.05) is 11.6 Å². The standard InChI is InChI=1S/C18H20ClFN2OS/c1-18(2)16(10-5-7-22(18)8-6-10)21-17(23)13-9-11-3-4-12(20)14(19)15(11)24-13/h3-4,9-10,16H,5-8H2,1-2H3,(H,21,23). The number of carbonyl (C=O) groups excluding carboxylic acids is 1. The Labute approximate surface area is 149 Å². The van der Waals surface area contributed by atoms with Crippen molar-refractivity contribution in [1.82, 2.24) is 10.2 Å². The largest absolute Gasteiger partial charge is 0.346 e. The van der Waals surface area contributed by atoms with Gasteiger partial charge < -0.3 is 5.32 Å². The van der Waals surface area contributed by atoms with E-state index >= 15 is 0 Å². The maximum absolute atomic E-state index is 13.6. The Hall–Kier alpha value is -1.17. The zero-order valence-corrected chi connectivity index (χ0v) is 15.3. The van der Waals surface area contributed by atoms with Crippen molar-refractivity contribution in [2.45, 2.75) is 38.3 Å². The lowest BCUT2D eigenvalue weighted by molar-refractivity contribution is -0.0377. The van der Waals surface area contributed by atoms with E-state index in [0.717, 1.165) is 31.3 Å². The molecule has 1 aromatic heterocycles. The van der Waals surface area contributed by atoms with Crippen molar-refractivity contribution < 1.29 is 9.18 Å². The van der Waals surface area contributed by atoms with E-state index < -0.39 is 5.82 Å². The highest BCUT2D eigenvalue weighted by Gasteiger charge is 2.48. The molecule has 1 amide bonds. The maximum atomic E-state index is 13.6. The Morgan fingerprint density at radius 1 is 1.38 bits per heavy atom. The Balaban J connectivity index is 1.61. The van der Waals surface area contributed by atoms with Crippen LogP contribution >= 0.6 is 22.9 Å². The van der Waals surface area contributed by atoms with Gasteiger partial charge in [-0.3, -0.25) is 9.69 Å². The molecule has 5 rings (SSSR count). The Morgan fingerprint density at radius 2 is 2.08 bits per heavy atom. The van der Waals surface area contributed by atoms with Crippen LogP contribution in [0.15, 0.2) is 18.2 Å². The molecule has 2 aromatic rings. The summed E-state index contributed by atoms with van der Waals surface area (Å²) >= 11 is 7.29. The number of nitrogens with zero attached hydrogens (tertiary/aromatic N) is 1. The molecular weight excluding hydrogens is 347 g/mol. The van der Waals surface area contributed by atoms with E-state index in [1.807, 2.05) is 0 Å². The minimum absolute atomic E-state index is 0.0305. The van der Waals surface area contributed by atoms with E-state index in [2.05, 4.69) is 24.1 Å². The van der Waals surface area contributed by atoms with Crippen LogP contribution < -0.4 is 5.32 Å². The number of amides is 1. The fraction of sp³-hybridized carbons (Fsp3) is 0.500. The van der Waals surface area contributed by atoms with Gasteiger partial charge in [0.2, 0.25) is 0 Å². The zero-order valence-electron chi connectivity index (χ0n) is 13.7. The van der Waals surface area contributed by atoms with Crippen LogP contribution in [0.4, 0.5) is 4.39 Å². The summed E-state index contributed by atoms with van der Waals surface area (Å²) in [6.07, 6.45) is 2.27. The second-order valence-corrected chi connectivity index (χ2v) is 8.75. The highest BCUT2D eigenvalue weighted by Crippen LogP contribution is 2.39. The van der Waals surface area contributed by atoms with Gasteiger partial charge in [-0.1, -0.05) is 17.7 Å². The molecule has 0 spiro atoms. The van der Waals surface area contributed by atoms with Crippen LogP contribution in [-0.2, 0) is 0 Å². The van der Waals surface area contributed by atoms with Crippen LogP contribution in [0.5, 0.6) is 0 Å². The Morgan fingerprint density at radius 3 is 2.75 bits per heavy atom. The summed E-state index contributed by atoms with van der Waals surface area (Å²) in [4.78, 5) is 15.8. The fourth-order valence-electron chi connectivity index (χ4n) is 4.25. The van der Waals surface area contributed by atoms with Crippen molar-refractivity contribution in [3.8, 4) is 0 Å². The minimum Gasteiger partial charge on any atom is -0.346 e. The lowest BCUT2D eigenvalue weighted by atomic mass is 9.72. The van der Waals surface area contributed by atoms with Gasteiger partial charge in [0.1, 0.15) is 5.82 Å². The molecule has 1 unspecified atom stereocenters. The number of benzene rings is 1. The molecule has 1 aromatic carbocycles. The molecule has 2 bridgehead atoms. The highest BCUT2D eigenvalue weighted by atomic mass is 35.5. The monoisotopic (exact) mass is 366 g/mol. The average Bonchev–Trinajstić information content (AvgIpc) is 3.00. The molecule has 0 saturated carbocycles. The van der Waals surface area contributed by atoms with Gasteiger partial charge in [-0.2, -0.15) is 0 Å². The second-order valence-electron chi connectivity index (χ2n) is 7.32. The van der Waals surface area contributed by atoms with Crippen LogP contribution in [0.25, 0.3) is 10.1 Å². The molecule has 3 aliphatic heterocycles. The lowest BCUT2D eigenvalue weighted by Gasteiger charge is -2.56. The summed E-state index contributed by atoms with van der Waals surface area (Å²) in [5, 5.41) is 4.15. The van der Waals surface area contributed by atoms with E-state index in [0.29, 0.717) is 15.5 Å². The predicted octanol–water partition coefficient (Wildman–Crippen LogP) is 4.30. The third-order valence-electron chi connectivity index (χ3n) is 5.68. The van der Waals surface area contributed by atoms with Gasteiger partial charge in [0.05, 0.1) is 14.6 Å². The van der Waals surface area contributed by atoms with E-state index in [1.165, 1.54) is 17.4 Å². The van der Waals surface area contributed by atoms with Crippen LogP contribution in [0.1, 0.15) is 36.4 Å². The molecule has 4 heterocycles. The molecule has 0 radical (unpaired) electrons. The van der Waals surface area contributed by atoms with Crippen LogP contribution in [0.2, 0.25) is 5.02 Å². The molecule has 0 aliphatic carbocycles. The van der Waals surface area contributed by atoms with Crippen LogP contribution in [-0.4, -0.2) is 35.5 Å². The first-order valence-electron chi connectivity index (χ1n) is 8.31. The number of hydrogen-bond acceptors (Lipinski definition) is 3. The Bertz CT molecular complexity index is 811. The predicted molar refractivity (Wildman–Crippen MR) is 96.4 cm³/mol. The third kappa shape index (κ3) is 2.45. The van der Waals surface area contributed by atoms with Gasteiger partial charge in [-0.25, -0.2) is 4.39 Å². The van der Waals surface area contributed by atoms with Crippen molar-refractivity contribution in [2.75, 3.05) is 13.1 Å². The molecule has 3 aliphatic rings. The minimum atomic E-state index is -0.448. The quantitative estimate of drug-likeness (QED) is 0.859. The highest BCUT2D eigenvalue weighted by molar-refractivity contribution is 7.21. The van der Waals surface area contributed by atoms with Gasteiger partial charge >= 0.3 is 0 Å². The summed E-state index contributed by atoms with van der Waals surface area (Å²) in [5.74, 6) is 0.000332. The van der Waals surface area contributed by atoms with Gasteiger partial charge in [0.15, 0.2) is 0 Å². The number of hydrogen-bond donors (Lipinski definition) is 1. The number of fused-ring (bicyclic) bond motifs is 4. The van der Waals surface area contributed by atoms with Gasteiger partial charge in [-0.05, 0) is 63.2 Å². The van der Waals surface area contributed by atoms with Gasteiger partial charge in [-0.15, -0.1) is 11.3 Å². The summed E-state index contributed by atoms with van der Waals surface area (Å²) < 4.78 is 14.2. The number of piperidine rings is 3. The molecule has 128 valence electrons. The number of thiophene rings is 1. The molecule has 3 saturated heterocycles. The van der Waals surface area contributed by atoms with Crippen molar-refractivity contribution >= 4 is 38.9 Å². The number of nitrogens with one attached hydrogen (secondary N) is 1. The van der Waals surface area contributed by atoms with Crippen LogP contribution in [0, 0.1) is 11.7 Å². The number of halogens is 2. The van der Waals surface area contributed by atoms with Crippen molar-refractivity contribution in [2.24, 2.45) is 5.92 Å². The number of rotatable bonds is 2. The molecule has 1 atom stereocenters. The molecular formula is C18H20ClFN2OS. The zero-order chi connectivity index (χ0) is 17.1. The molecule has 24 heavy (non-hydrogen) atoms. The van der Waals surface area contributed by atoms with Crippen molar-refractivity contribution in [3.63, 3.8) is 0 Å². The average molecular weight is 367 g/mol. The van der Waals surface area contributed by atoms with Crippen molar-refractivity contribution in [1.29, 1.82) is 0 Å². The summed E-state index contributed by atoms with van der Waals surface area (Å²) in [5.41, 5.74) is -0.0305. The normalized spacial score (nSPS) is 28.2. The maximum Gasteiger partial charge on any atom is 0.261 e. The van der Waals surface area contributed by atoms with E-state index in [9.17, 15) is 9.18 Å².